The van der Waals surface area contributed by atoms with Gasteiger partial charge in [-0.25, -0.2) is 14.2 Å². The van der Waals surface area contributed by atoms with Crippen LogP contribution in [-0.4, -0.2) is 21.0 Å². The van der Waals surface area contributed by atoms with Crippen LogP contribution in [0.5, 0.6) is 11.8 Å². The Bertz CT molecular complexity index is 695. The largest absolute Gasteiger partial charge is 0.477 e. The molecule has 0 saturated heterocycles. The molecular weight excluding hydrogens is 338 g/mol. The van der Waals surface area contributed by atoms with Crippen LogP contribution in [0, 0.1) is 18.6 Å². The van der Waals surface area contributed by atoms with Gasteiger partial charge in [0, 0.05) is 10.2 Å². The van der Waals surface area contributed by atoms with Crippen molar-refractivity contribution in [2.45, 2.75) is 6.92 Å². The number of hydrogen-bond donors (Lipinski definition) is 1. The normalized spacial score (nSPS) is 10.4. The van der Waals surface area contributed by atoms with E-state index in [0.717, 1.165) is 6.07 Å². The zero-order chi connectivity index (χ0) is 14.9. The molecule has 0 aliphatic heterocycles. The Morgan fingerprint density at radius 3 is 2.65 bits per heavy atom. The first-order valence-corrected chi connectivity index (χ1v) is 6.07. The van der Waals surface area contributed by atoms with Gasteiger partial charge in [-0.3, -0.25) is 0 Å². The second-order valence-electron chi connectivity index (χ2n) is 3.78. The molecule has 5 nitrogen and oxygen atoms in total. The fourth-order valence-electron chi connectivity index (χ4n) is 1.40. The topological polar surface area (TPSA) is 72.3 Å². The minimum atomic E-state index is -1.28. The van der Waals surface area contributed by atoms with Crippen molar-refractivity contribution in [2.75, 3.05) is 0 Å². The number of halogens is 3. The van der Waals surface area contributed by atoms with Crippen LogP contribution in [0.25, 0.3) is 0 Å². The van der Waals surface area contributed by atoms with Gasteiger partial charge in [-0.15, -0.1) is 0 Å². The third-order valence-corrected chi connectivity index (χ3v) is 2.67. The second kappa shape index (κ2) is 5.49. The molecule has 2 aromatic rings. The fourth-order valence-corrected chi connectivity index (χ4v) is 1.81. The molecule has 20 heavy (non-hydrogen) atoms. The van der Waals surface area contributed by atoms with E-state index < -0.39 is 23.4 Å². The van der Waals surface area contributed by atoms with E-state index in [1.807, 2.05) is 0 Å². The number of aryl methyl sites for hydroxylation is 1. The molecule has 1 heterocycles. The summed E-state index contributed by atoms with van der Waals surface area (Å²) in [4.78, 5) is 18.2. The van der Waals surface area contributed by atoms with Crippen LogP contribution < -0.4 is 4.74 Å². The van der Waals surface area contributed by atoms with E-state index in [4.69, 9.17) is 9.84 Å². The highest BCUT2D eigenvalue weighted by Gasteiger charge is 2.15. The maximum atomic E-state index is 13.5. The van der Waals surface area contributed by atoms with Crippen LogP contribution in [-0.2, 0) is 0 Å². The van der Waals surface area contributed by atoms with Gasteiger partial charge in [0.25, 0.3) is 0 Å². The molecule has 8 heteroatoms. The van der Waals surface area contributed by atoms with Crippen LogP contribution in [0.2, 0.25) is 0 Å². The highest BCUT2D eigenvalue weighted by molar-refractivity contribution is 9.10. The zero-order valence-electron chi connectivity index (χ0n) is 10.0. The smallest absolute Gasteiger partial charge is 0.354 e. The van der Waals surface area contributed by atoms with E-state index in [9.17, 15) is 13.6 Å². The van der Waals surface area contributed by atoms with Crippen LogP contribution in [0.15, 0.2) is 22.7 Å². The van der Waals surface area contributed by atoms with Crippen LogP contribution in [0.3, 0.4) is 0 Å². The third kappa shape index (κ3) is 3.08. The number of aromatic carboxylic acids is 1. The third-order valence-electron chi connectivity index (χ3n) is 2.21. The van der Waals surface area contributed by atoms with E-state index in [2.05, 4.69) is 25.9 Å². The summed E-state index contributed by atoms with van der Waals surface area (Å²) in [5.74, 6) is -4.05. The van der Waals surface area contributed by atoms with Gasteiger partial charge >= 0.3 is 12.0 Å². The lowest BCUT2D eigenvalue weighted by atomic mass is 10.3. The van der Waals surface area contributed by atoms with Crippen molar-refractivity contribution >= 4 is 21.9 Å². The van der Waals surface area contributed by atoms with Crippen molar-refractivity contribution in [3.05, 3.63) is 45.7 Å². The van der Waals surface area contributed by atoms with Gasteiger partial charge < -0.3 is 9.84 Å². The lowest BCUT2D eigenvalue weighted by Gasteiger charge is -2.07. The van der Waals surface area contributed by atoms with Gasteiger partial charge in [-0.1, -0.05) is 15.9 Å². The van der Waals surface area contributed by atoms with Gasteiger partial charge in [-0.2, -0.15) is 9.37 Å². The van der Waals surface area contributed by atoms with E-state index >= 15 is 0 Å². The highest BCUT2D eigenvalue weighted by Crippen LogP contribution is 2.28. The molecule has 0 saturated carbocycles. The molecular formula is C12H7BrF2N2O3. The molecule has 1 aromatic carbocycles. The molecule has 0 atom stereocenters. The SMILES string of the molecule is Cc1cc(C(=O)O)nc(Oc2cc(Br)cc(F)c2F)n1. The molecule has 1 N–H and O–H groups in total. The number of hydrogen-bond acceptors (Lipinski definition) is 4. The number of carboxylic acids is 1. The van der Waals surface area contributed by atoms with Gasteiger partial charge in [0.2, 0.25) is 5.82 Å². The Kier molecular flexibility index (Phi) is 3.93. The van der Waals surface area contributed by atoms with E-state index in [-0.39, 0.29) is 16.2 Å². The average molecular weight is 345 g/mol. The highest BCUT2D eigenvalue weighted by atomic mass is 79.9. The number of benzene rings is 1. The minimum Gasteiger partial charge on any atom is -0.477 e. The summed E-state index contributed by atoms with van der Waals surface area (Å²) in [5, 5.41) is 8.86. The molecule has 0 fully saturated rings. The van der Waals surface area contributed by atoms with Crippen molar-refractivity contribution in [3.63, 3.8) is 0 Å². The molecule has 0 radical (unpaired) electrons. The Hall–Kier alpha value is -2.09. The number of ether oxygens (including phenoxy) is 1. The summed E-state index contributed by atoms with van der Waals surface area (Å²) in [7, 11) is 0. The summed E-state index contributed by atoms with van der Waals surface area (Å²) in [5.41, 5.74) is 0.0200. The molecule has 0 amide bonds. The Morgan fingerprint density at radius 2 is 2.00 bits per heavy atom. The monoisotopic (exact) mass is 344 g/mol. The molecule has 1 aromatic heterocycles. The number of aromatic nitrogens is 2. The van der Waals surface area contributed by atoms with Crippen molar-refractivity contribution in [1.29, 1.82) is 0 Å². The van der Waals surface area contributed by atoms with Crippen molar-refractivity contribution < 1.29 is 23.4 Å². The lowest BCUT2D eigenvalue weighted by molar-refractivity contribution is 0.0689. The standard InChI is InChI=1S/C12H7BrF2N2O3/c1-5-2-8(11(18)19)17-12(16-5)20-9-4-6(13)3-7(14)10(9)15/h2-4H,1H3,(H,18,19). The van der Waals surface area contributed by atoms with Crippen LogP contribution >= 0.6 is 15.9 Å². The van der Waals surface area contributed by atoms with Crippen LogP contribution in [0.1, 0.15) is 16.2 Å². The summed E-state index contributed by atoms with van der Waals surface area (Å²) in [6.07, 6.45) is 0. The maximum absolute atomic E-state index is 13.5. The average Bonchev–Trinajstić information content (AvgIpc) is 2.34. The predicted octanol–water partition coefficient (Wildman–Crippen LogP) is 3.32. The quantitative estimate of drug-likeness (QED) is 0.864. The van der Waals surface area contributed by atoms with E-state index in [1.165, 1.54) is 19.1 Å². The molecule has 0 bridgehead atoms. The van der Waals surface area contributed by atoms with Crippen molar-refractivity contribution in [3.8, 4) is 11.8 Å². The summed E-state index contributed by atoms with van der Waals surface area (Å²) in [6, 6.07) is 2.97. The number of nitrogens with zero attached hydrogens (tertiary/aromatic N) is 2. The molecule has 0 unspecified atom stereocenters. The number of carboxylic acid groups (broad SMARTS) is 1. The lowest BCUT2D eigenvalue weighted by Crippen LogP contribution is -2.05. The van der Waals surface area contributed by atoms with Crippen molar-refractivity contribution in [2.24, 2.45) is 0 Å². The van der Waals surface area contributed by atoms with Crippen molar-refractivity contribution in [1.82, 2.24) is 9.97 Å². The van der Waals surface area contributed by atoms with Gasteiger partial charge in [0.1, 0.15) is 0 Å². The maximum Gasteiger partial charge on any atom is 0.354 e. The Morgan fingerprint density at radius 1 is 1.30 bits per heavy atom. The van der Waals surface area contributed by atoms with Gasteiger partial charge in [0.05, 0.1) is 0 Å². The van der Waals surface area contributed by atoms with E-state index in [1.54, 1.807) is 0 Å². The molecule has 2 rings (SSSR count). The molecule has 0 spiro atoms. The first-order valence-electron chi connectivity index (χ1n) is 5.28. The summed E-state index contributed by atoms with van der Waals surface area (Å²) in [6.45, 7) is 1.53. The molecule has 104 valence electrons. The van der Waals surface area contributed by atoms with Crippen LogP contribution in [0.4, 0.5) is 8.78 Å². The minimum absolute atomic E-state index is 0.262. The fraction of sp³-hybridized carbons (Fsp3) is 0.0833. The van der Waals surface area contributed by atoms with E-state index in [0.29, 0.717) is 5.69 Å². The zero-order valence-corrected chi connectivity index (χ0v) is 11.6. The first kappa shape index (κ1) is 14.3. The van der Waals surface area contributed by atoms with Gasteiger partial charge in [0.15, 0.2) is 17.3 Å². The first-order chi connectivity index (χ1) is 9.36. The number of carbonyl (C=O) groups is 1. The number of rotatable bonds is 3. The Balaban J connectivity index is 2.42. The molecule has 0 aliphatic rings. The summed E-state index contributed by atoms with van der Waals surface area (Å²) < 4.78 is 32.0. The predicted molar refractivity (Wildman–Crippen MR) is 67.9 cm³/mol. The summed E-state index contributed by atoms with van der Waals surface area (Å²) >= 11 is 2.99. The Labute approximate surface area is 120 Å². The second-order valence-corrected chi connectivity index (χ2v) is 4.70. The van der Waals surface area contributed by atoms with Gasteiger partial charge in [-0.05, 0) is 25.1 Å². The molecule has 0 aliphatic carbocycles.